The third-order valence-electron chi connectivity index (χ3n) is 8.80. The zero-order chi connectivity index (χ0) is 30.2. The molecule has 0 spiro atoms. The minimum atomic E-state index is -0.459. The Labute approximate surface area is 250 Å². The molecular formula is C33H33N6O3P. The molecule has 2 aliphatic heterocycles. The predicted octanol–water partition coefficient (Wildman–Crippen LogP) is 5.02. The molecule has 2 amide bonds. The third-order valence-corrected chi connectivity index (χ3v) is 10.2. The van der Waals surface area contributed by atoms with Gasteiger partial charge in [-0.3, -0.25) is 19.1 Å². The van der Waals surface area contributed by atoms with Crippen molar-refractivity contribution in [1.29, 1.82) is 0 Å². The van der Waals surface area contributed by atoms with Crippen LogP contribution in [0.3, 0.4) is 0 Å². The second-order valence-electron chi connectivity index (χ2n) is 11.8. The molecule has 1 N–H and O–H groups in total. The predicted molar refractivity (Wildman–Crippen MR) is 173 cm³/mol. The van der Waals surface area contributed by atoms with Crippen molar-refractivity contribution in [3.63, 3.8) is 0 Å². The Bertz CT molecular complexity index is 2080. The monoisotopic (exact) mass is 592 g/mol. The Morgan fingerprint density at radius 3 is 2.72 bits per heavy atom. The average Bonchev–Trinajstić information content (AvgIpc) is 3.29. The molecule has 2 atom stereocenters. The van der Waals surface area contributed by atoms with Crippen LogP contribution in [0.25, 0.3) is 37.6 Å². The van der Waals surface area contributed by atoms with Crippen LogP contribution in [0.5, 0.6) is 0 Å². The molecule has 0 saturated carbocycles. The fourth-order valence-electron chi connectivity index (χ4n) is 6.82. The molecule has 2 aromatic carbocycles. The molecule has 43 heavy (non-hydrogen) atoms. The fourth-order valence-corrected chi connectivity index (χ4v) is 8.29. The van der Waals surface area contributed by atoms with Crippen molar-refractivity contribution in [2.24, 2.45) is 0 Å². The van der Waals surface area contributed by atoms with E-state index >= 15 is 0 Å². The number of carbonyl (C=O) groups is 2. The maximum absolute atomic E-state index is 14.4. The number of benzene rings is 2. The van der Waals surface area contributed by atoms with Crippen LogP contribution in [0.15, 0.2) is 54.0 Å². The lowest BCUT2D eigenvalue weighted by Gasteiger charge is -2.40. The van der Waals surface area contributed by atoms with Gasteiger partial charge in [0.15, 0.2) is 0 Å². The van der Waals surface area contributed by atoms with E-state index in [9.17, 15) is 14.4 Å². The van der Waals surface area contributed by atoms with Crippen molar-refractivity contribution < 1.29 is 9.59 Å². The molecule has 0 radical (unpaired) electrons. The molecule has 1 saturated heterocycles. The molecular weight excluding hydrogens is 559 g/mol. The van der Waals surface area contributed by atoms with Gasteiger partial charge in [0.1, 0.15) is 5.82 Å². The summed E-state index contributed by atoms with van der Waals surface area (Å²) >= 11 is 0. The van der Waals surface area contributed by atoms with Crippen LogP contribution in [-0.2, 0) is 11.3 Å². The highest BCUT2D eigenvalue weighted by Gasteiger charge is 2.33. The third kappa shape index (κ3) is 4.09. The number of nitrogens with zero attached hydrogens (tertiary/aromatic N) is 5. The maximum Gasteiger partial charge on any atom is 0.354 e. The van der Waals surface area contributed by atoms with Gasteiger partial charge in [-0.1, -0.05) is 38.6 Å². The highest BCUT2D eigenvalue weighted by Crippen LogP contribution is 2.46. The van der Waals surface area contributed by atoms with Gasteiger partial charge in [-0.05, 0) is 59.6 Å². The van der Waals surface area contributed by atoms with Gasteiger partial charge in [-0.25, -0.2) is 4.79 Å². The van der Waals surface area contributed by atoms with E-state index < -0.39 is 5.69 Å². The minimum Gasteiger partial charge on any atom is -0.350 e. The number of fused-ring (bicyclic) bond motifs is 2. The minimum absolute atomic E-state index is 0.0308. The first-order valence-electron chi connectivity index (χ1n) is 14.6. The highest BCUT2D eigenvalue weighted by atomic mass is 31.0. The van der Waals surface area contributed by atoms with Crippen LogP contribution in [-0.4, -0.2) is 56.9 Å². The lowest BCUT2D eigenvalue weighted by molar-refractivity contribution is -0.126. The van der Waals surface area contributed by atoms with Gasteiger partial charge in [-0.2, -0.15) is 4.98 Å². The number of amides is 2. The van der Waals surface area contributed by atoms with Crippen molar-refractivity contribution in [2.75, 3.05) is 24.5 Å². The van der Waals surface area contributed by atoms with Crippen LogP contribution >= 0.6 is 8.19 Å². The molecule has 1 unspecified atom stereocenters. The van der Waals surface area contributed by atoms with Gasteiger partial charge in [-0.15, -0.1) is 8.19 Å². The number of nitrogens with one attached hydrogen (secondary N) is 1. The lowest BCUT2D eigenvalue weighted by Crippen LogP contribution is -2.54. The summed E-state index contributed by atoms with van der Waals surface area (Å²) in [6, 6.07) is 10.2. The van der Waals surface area contributed by atoms with Crippen LogP contribution in [0.1, 0.15) is 53.9 Å². The summed E-state index contributed by atoms with van der Waals surface area (Å²) in [6.07, 6.45) is 3.10. The molecule has 7 rings (SSSR count). The van der Waals surface area contributed by atoms with Gasteiger partial charge >= 0.3 is 5.69 Å². The number of anilines is 1. The topological polar surface area (TPSA) is 100 Å². The first-order chi connectivity index (χ1) is 20.7. The van der Waals surface area contributed by atoms with Crippen LogP contribution in [0, 0.1) is 6.92 Å². The van der Waals surface area contributed by atoms with Crippen molar-refractivity contribution in [2.45, 2.75) is 46.2 Å². The molecule has 5 heterocycles. The van der Waals surface area contributed by atoms with Gasteiger partial charge in [0, 0.05) is 54.3 Å². The van der Waals surface area contributed by atoms with E-state index in [1.807, 2.05) is 26.0 Å². The molecule has 1 fully saturated rings. The molecule has 0 aliphatic carbocycles. The number of pyridine rings is 1. The van der Waals surface area contributed by atoms with E-state index in [-0.39, 0.29) is 23.8 Å². The van der Waals surface area contributed by atoms with Gasteiger partial charge < -0.3 is 15.1 Å². The van der Waals surface area contributed by atoms with Crippen molar-refractivity contribution in [3.8, 4) is 5.69 Å². The first-order valence-corrected chi connectivity index (χ1v) is 15.6. The van der Waals surface area contributed by atoms with Crippen LogP contribution in [0.2, 0.25) is 0 Å². The standard InChI is InChI=1S/C33H33N6O3P/c1-6-24(40)37-12-13-38(19(5)16-37)31-21-14-23-26-25-20(8-7-9-22(25)43-23)15-35-32(41)27(26)30(21)39(33(42)36-31)29-18(4)10-11-34-28(29)17(2)3/h6-11,14,17,19,43H,1,12-13,15-16H2,2-5H3,(H,35,41)/t19-/m0/s1. The molecule has 9 nitrogen and oxygen atoms in total. The normalized spacial score (nSPS) is 17.0. The Morgan fingerprint density at radius 1 is 1.16 bits per heavy atom. The fraction of sp³-hybridized carbons (Fsp3) is 0.303. The smallest absolute Gasteiger partial charge is 0.350 e. The number of aryl methyl sites for hydroxylation is 1. The van der Waals surface area contributed by atoms with Crippen LogP contribution < -0.4 is 15.9 Å². The number of hydrogen-bond donors (Lipinski definition) is 1. The molecule has 0 bridgehead atoms. The second kappa shape index (κ2) is 10.1. The summed E-state index contributed by atoms with van der Waals surface area (Å²) in [7, 11) is 0.387. The maximum atomic E-state index is 14.4. The summed E-state index contributed by atoms with van der Waals surface area (Å²) < 4.78 is 1.63. The summed E-state index contributed by atoms with van der Waals surface area (Å²) in [6.45, 7) is 13.6. The van der Waals surface area contributed by atoms with Crippen molar-refractivity contribution in [3.05, 3.63) is 82.1 Å². The first kappa shape index (κ1) is 27.3. The summed E-state index contributed by atoms with van der Waals surface area (Å²) in [4.78, 5) is 54.2. The lowest BCUT2D eigenvalue weighted by atomic mass is 9.98. The van der Waals surface area contributed by atoms with E-state index in [0.717, 1.165) is 38.1 Å². The van der Waals surface area contributed by atoms with E-state index in [0.29, 0.717) is 57.0 Å². The summed E-state index contributed by atoms with van der Waals surface area (Å²) in [5, 5.41) is 8.18. The quantitative estimate of drug-likeness (QED) is 0.295. The largest absolute Gasteiger partial charge is 0.354 e. The van der Waals surface area contributed by atoms with Crippen molar-refractivity contribution in [1.82, 2.24) is 24.8 Å². The Hall–Kier alpha value is -4.49. The molecule has 10 heteroatoms. The van der Waals surface area contributed by atoms with Gasteiger partial charge in [0.05, 0.1) is 22.5 Å². The molecule has 2 aliphatic rings. The van der Waals surface area contributed by atoms with Gasteiger partial charge in [0.25, 0.3) is 5.91 Å². The molecule has 218 valence electrons. The van der Waals surface area contributed by atoms with E-state index in [1.165, 1.54) is 11.2 Å². The molecule has 5 aromatic rings. The van der Waals surface area contributed by atoms with E-state index in [2.05, 4.69) is 48.8 Å². The molecule has 3 aromatic heterocycles. The number of rotatable bonds is 4. The number of piperazine rings is 1. The zero-order valence-electron chi connectivity index (χ0n) is 24.7. The average molecular weight is 593 g/mol. The van der Waals surface area contributed by atoms with Gasteiger partial charge in [0.2, 0.25) is 5.91 Å². The van der Waals surface area contributed by atoms with Crippen LogP contribution in [0.4, 0.5) is 5.82 Å². The Kier molecular flexibility index (Phi) is 6.40. The number of carbonyl (C=O) groups excluding carboxylic acids is 2. The summed E-state index contributed by atoms with van der Waals surface area (Å²) in [5.41, 5.74) is 4.00. The Balaban J connectivity index is 1.63. The second-order valence-corrected chi connectivity index (χ2v) is 13.1. The number of hydrogen-bond acceptors (Lipinski definition) is 6. The van der Waals surface area contributed by atoms with E-state index in [4.69, 9.17) is 9.97 Å². The van der Waals surface area contributed by atoms with E-state index in [1.54, 1.807) is 15.7 Å². The summed E-state index contributed by atoms with van der Waals surface area (Å²) in [5.74, 6) is 0.253. The van der Waals surface area contributed by atoms with Crippen molar-refractivity contribution >= 4 is 57.7 Å². The zero-order valence-corrected chi connectivity index (χ0v) is 25.7. The highest BCUT2D eigenvalue weighted by molar-refractivity contribution is 7.44. The Morgan fingerprint density at radius 2 is 1.98 bits per heavy atom. The SMILES string of the molecule is C=CC(=O)N1CCN(c2nc(=O)n(-c3c(C)ccnc3C(C)C)c3c4c5c(cc23)[pH]c2cccc(c25)CNC4=O)[C@@H](C)C1. The number of aromatic nitrogens is 3.